The second-order valence-corrected chi connectivity index (χ2v) is 6.44. The van der Waals surface area contributed by atoms with Crippen LogP contribution in [0.25, 0.3) is 0 Å². The highest BCUT2D eigenvalue weighted by atomic mass is 35.5. The van der Waals surface area contributed by atoms with Crippen molar-refractivity contribution in [1.82, 2.24) is 5.32 Å². The highest BCUT2D eigenvalue weighted by molar-refractivity contribution is 7.92. The fourth-order valence-corrected chi connectivity index (χ4v) is 2.51. The maximum Gasteiger partial charge on any atom is 0.240 e. The van der Waals surface area contributed by atoms with Crippen LogP contribution in [0.1, 0.15) is 13.3 Å². The number of hydrogen-bond donors (Lipinski definition) is 1. The number of rotatable bonds is 6. The Morgan fingerprint density at radius 3 is 2.63 bits per heavy atom. The van der Waals surface area contributed by atoms with E-state index in [0.717, 1.165) is 17.0 Å². The molecule has 0 saturated heterocycles. The van der Waals surface area contributed by atoms with Gasteiger partial charge in [-0.2, -0.15) is 0 Å². The van der Waals surface area contributed by atoms with Gasteiger partial charge in [-0.05, 0) is 24.6 Å². The van der Waals surface area contributed by atoms with E-state index >= 15 is 0 Å². The fraction of sp³-hybridized carbons (Fsp3) is 0.417. The van der Waals surface area contributed by atoms with Gasteiger partial charge in [-0.3, -0.25) is 9.10 Å². The van der Waals surface area contributed by atoms with Crippen molar-refractivity contribution in [2.45, 2.75) is 13.3 Å². The van der Waals surface area contributed by atoms with Crippen molar-refractivity contribution in [3.05, 3.63) is 29.3 Å². The van der Waals surface area contributed by atoms with Crippen LogP contribution >= 0.6 is 11.6 Å². The average molecular weight is 305 g/mol. The van der Waals surface area contributed by atoms with Crippen LogP contribution in [0.2, 0.25) is 5.02 Å². The van der Waals surface area contributed by atoms with Crippen molar-refractivity contribution in [3.8, 4) is 0 Å². The number of sulfonamides is 1. The molecule has 0 aliphatic carbocycles. The van der Waals surface area contributed by atoms with E-state index in [1.807, 2.05) is 6.92 Å². The lowest BCUT2D eigenvalue weighted by molar-refractivity contribution is -0.119. The van der Waals surface area contributed by atoms with Gasteiger partial charge in [0.1, 0.15) is 6.54 Å². The van der Waals surface area contributed by atoms with Crippen molar-refractivity contribution in [2.75, 3.05) is 23.7 Å². The highest BCUT2D eigenvalue weighted by Crippen LogP contribution is 2.21. The molecule has 0 aromatic heterocycles. The van der Waals surface area contributed by atoms with E-state index in [4.69, 9.17) is 11.6 Å². The molecule has 0 aliphatic rings. The molecule has 7 heteroatoms. The molecular formula is C12H17ClN2O3S. The van der Waals surface area contributed by atoms with Gasteiger partial charge in [0, 0.05) is 11.6 Å². The summed E-state index contributed by atoms with van der Waals surface area (Å²) in [5.41, 5.74) is 0.377. The number of carbonyl (C=O) groups is 1. The molecule has 0 atom stereocenters. The number of carbonyl (C=O) groups excluding carboxylic acids is 1. The number of halogens is 1. The van der Waals surface area contributed by atoms with Gasteiger partial charge >= 0.3 is 0 Å². The average Bonchev–Trinajstić information content (AvgIpc) is 2.32. The normalized spacial score (nSPS) is 11.1. The first kappa shape index (κ1) is 15.8. The molecule has 1 aromatic rings. The summed E-state index contributed by atoms with van der Waals surface area (Å²) in [6.07, 6.45) is 1.85. The molecule has 106 valence electrons. The zero-order valence-corrected chi connectivity index (χ0v) is 12.5. The molecule has 1 aromatic carbocycles. The molecule has 0 fully saturated rings. The predicted molar refractivity (Wildman–Crippen MR) is 76.9 cm³/mol. The van der Waals surface area contributed by atoms with E-state index < -0.39 is 10.0 Å². The standard InChI is InChI=1S/C12H17ClN2O3S/c1-3-7-14-12(16)9-15(19(2,17)18)11-6-4-5-10(13)8-11/h4-6,8H,3,7,9H2,1-2H3,(H,14,16). The van der Waals surface area contributed by atoms with Crippen LogP contribution < -0.4 is 9.62 Å². The van der Waals surface area contributed by atoms with Gasteiger partial charge in [0.05, 0.1) is 11.9 Å². The van der Waals surface area contributed by atoms with Crippen molar-refractivity contribution >= 4 is 33.2 Å². The molecule has 1 N–H and O–H groups in total. The minimum Gasteiger partial charge on any atom is -0.355 e. The third-order valence-corrected chi connectivity index (χ3v) is 3.73. The number of amides is 1. The molecule has 0 spiro atoms. The smallest absolute Gasteiger partial charge is 0.240 e. The van der Waals surface area contributed by atoms with Crippen LogP contribution in [-0.2, 0) is 14.8 Å². The first-order valence-corrected chi connectivity index (χ1v) is 8.07. The molecule has 19 heavy (non-hydrogen) atoms. The molecule has 1 amide bonds. The third kappa shape index (κ3) is 5.08. The first-order chi connectivity index (χ1) is 8.84. The van der Waals surface area contributed by atoms with Crippen molar-refractivity contribution in [2.24, 2.45) is 0 Å². The predicted octanol–water partition coefficient (Wildman–Crippen LogP) is 1.63. The summed E-state index contributed by atoms with van der Waals surface area (Å²) in [4.78, 5) is 11.7. The van der Waals surface area contributed by atoms with Crippen LogP contribution in [0, 0.1) is 0 Å². The molecule has 0 bridgehead atoms. The summed E-state index contributed by atoms with van der Waals surface area (Å²) in [6.45, 7) is 2.19. The Hall–Kier alpha value is -1.27. The quantitative estimate of drug-likeness (QED) is 0.868. The Morgan fingerprint density at radius 2 is 2.11 bits per heavy atom. The summed E-state index contributed by atoms with van der Waals surface area (Å²) < 4.78 is 24.5. The Bertz CT molecular complexity index is 546. The maximum atomic E-state index is 11.8. The molecule has 1 rings (SSSR count). The fourth-order valence-electron chi connectivity index (χ4n) is 1.48. The van der Waals surface area contributed by atoms with E-state index in [0.29, 0.717) is 17.3 Å². The molecule has 5 nitrogen and oxygen atoms in total. The first-order valence-electron chi connectivity index (χ1n) is 5.84. The second kappa shape index (κ2) is 6.77. The summed E-state index contributed by atoms with van der Waals surface area (Å²) in [5.74, 6) is -0.341. The van der Waals surface area contributed by atoms with Gasteiger partial charge in [0.2, 0.25) is 15.9 Å². The second-order valence-electron chi connectivity index (χ2n) is 4.10. The van der Waals surface area contributed by atoms with Gasteiger partial charge in [0.15, 0.2) is 0 Å². The number of anilines is 1. The van der Waals surface area contributed by atoms with Crippen LogP contribution in [0.3, 0.4) is 0 Å². The lowest BCUT2D eigenvalue weighted by atomic mass is 10.3. The van der Waals surface area contributed by atoms with E-state index in [9.17, 15) is 13.2 Å². The lowest BCUT2D eigenvalue weighted by Gasteiger charge is -2.21. The van der Waals surface area contributed by atoms with Crippen molar-refractivity contribution in [3.63, 3.8) is 0 Å². The maximum absolute atomic E-state index is 11.8. The lowest BCUT2D eigenvalue weighted by Crippen LogP contribution is -2.40. The minimum absolute atomic E-state index is 0.251. The molecular weight excluding hydrogens is 288 g/mol. The molecule has 0 unspecified atom stereocenters. The summed E-state index contributed by atoms with van der Waals surface area (Å²) in [7, 11) is -3.54. The Morgan fingerprint density at radius 1 is 1.42 bits per heavy atom. The summed E-state index contributed by atoms with van der Waals surface area (Å²) in [5, 5.41) is 3.06. The van der Waals surface area contributed by atoms with E-state index in [2.05, 4.69) is 5.32 Å². The van der Waals surface area contributed by atoms with Crippen LogP contribution in [-0.4, -0.2) is 33.7 Å². The van der Waals surface area contributed by atoms with Crippen molar-refractivity contribution < 1.29 is 13.2 Å². The molecule has 0 saturated carbocycles. The number of hydrogen-bond acceptors (Lipinski definition) is 3. The molecule has 0 radical (unpaired) electrons. The van der Waals surface area contributed by atoms with Gasteiger partial charge in [0.25, 0.3) is 0 Å². The monoisotopic (exact) mass is 304 g/mol. The SMILES string of the molecule is CCCNC(=O)CN(c1cccc(Cl)c1)S(C)(=O)=O. The van der Waals surface area contributed by atoms with Gasteiger partial charge in [-0.15, -0.1) is 0 Å². The van der Waals surface area contributed by atoms with E-state index in [1.165, 1.54) is 6.07 Å². The van der Waals surface area contributed by atoms with Crippen LogP contribution in [0.4, 0.5) is 5.69 Å². The van der Waals surface area contributed by atoms with Crippen LogP contribution in [0.15, 0.2) is 24.3 Å². The Kier molecular flexibility index (Phi) is 5.62. The van der Waals surface area contributed by atoms with Gasteiger partial charge in [-0.1, -0.05) is 24.6 Å². The number of nitrogens with zero attached hydrogens (tertiary/aromatic N) is 1. The van der Waals surface area contributed by atoms with E-state index in [1.54, 1.807) is 18.2 Å². The summed E-state index contributed by atoms with van der Waals surface area (Å²) >= 11 is 5.84. The number of benzene rings is 1. The zero-order valence-electron chi connectivity index (χ0n) is 10.9. The minimum atomic E-state index is -3.54. The molecule has 0 aliphatic heterocycles. The van der Waals surface area contributed by atoms with Gasteiger partial charge < -0.3 is 5.32 Å². The highest BCUT2D eigenvalue weighted by Gasteiger charge is 2.20. The summed E-state index contributed by atoms with van der Waals surface area (Å²) in [6, 6.07) is 6.39. The zero-order chi connectivity index (χ0) is 14.5. The Labute approximate surface area is 118 Å². The third-order valence-electron chi connectivity index (χ3n) is 2.36. The van der Waals surface area contributed by atoms with E-state index in [-0.39, 0.29) is 12.5 Å². The molecule has 0 heterocycles. The Balaban J connectivity index is 2.94. The largest absolute Gasteiger partial charge is 0.355 e. The van der Waals surface area contributed by atoms with Crippen LogP contribution in [0.5, 0.6) is 0 Å². The van der Waals surface area contributed by atoms with Gasteiger partial charge in [-0.25, -0.2) is 8.42 Å². The topological polar surface area (TPSA) is 66.5 Å². The van der Waals surface area contributed by atoms with Crippen molar-refractivity contribution in [1.29, 1.82) is 0 Å². The number of nitrogens with one attached hydrogen (secondary N) is 1.